The number of ether oxygens (including phenoxy) is 2. The van der Waals surface area contributed by atoms with Crippen LogP contribution in [0.15, 0.2) is 24.3 Å². The largest absolute Gasteiger partial charge is 0.491 e. The number of hydrogen-bond donors (Lipinski definition) is 0. The van der Waals surface area contributed by atoms with Crippen LogP contribution < -0.4 is 0 Å². The number of fused-ring (bicyclic) bond motifs is 1. The minimum Gasteiger partial charge on any atom is -0.417 e. The summed E-state index contributed by atoms with van der Waals surface area (Å²) in [6, 6.07) is 5.75. The third-order valence-electron chi connectivity index (χ3n) is 2.09. The van der Waals surface area contributed by atoms with E-state index in [0.29, 0.717) is 0 Å². The molecule has 0 bridgehead atoms. The van der Waals surface area contributed by atoms with Crippen LogP contribution in [0.25, 0.3) is 0 Å². The molecule has 0 amide bonds. The number of benzene rings is 1. The van der Waals surface area contributed by atoms with Crippen molar-refractivity contribution in [2.24, 2.45) is 0 Å². The molecule has 1 aromatic rings. The minimum atomic E-state index is -5.12. The van der Waals surface area contributed by atoms with E-state index in [1.807, 2.05) is 0 Å². The average molecular weight is 246 g/mol. The van der Waals surface area contributed by atoms with Gasteiger partial charge in [-0.25, -0.2) is 9.59 Å². The highest BCUT2D eigenvalue weighted by Gasteiger charge is 2.45. The van der Waals surface area contributed by atoms with E-state index in [1.54, 1.807) is 0 Å². The summed E-state index contributed by atoms with van der Waals surface area (Å²) < 4.78 is 44.5. The lowest BCUT2D eigenvalue weighted by molar-refractivity contribution is -0.219. The molecule has 0 fully saturated rings. The van der Waals surface area contributed by atoms with Gasteiger partial charge in [-0.1, -0.05) is 18.2 Å². The molecule has 0 unspecified atom stereocenters. The summed E-state index contributed by atoms with van der Waals surface area (Å²) >= 11 is 0. The molecule has 1 atom stereocenters. The van der Waals surface area contributed by atoms with E-state index >= 15 is 0 Å². The SMILES string of the molecule is O=C1O[C@H](OC(=O)C(F)(F)F)c2ccccc21. The molecule has 0 radical (unpaired) electrons. The molecular weight excluding hydrogens is 241 g/mol. The lowest BCUT2D eigenvalue weighted by atomic mass is 10.1. The van der Waals surface area contributed by atoms with Crippen molar-refractivity contribution in [3.8, 4) is 0 Å². The van der Waals surface area contributed by atoms with Crippen molar-refractivity contribution in [1.82, 2.24) is 0 Å². The number of alkyl halides is 3. The number of rotatable bonds is 1. The monoisotopic (exact) mass is 246 g/mol. The van der Waals surface area contributed by atoms with Crippen LogP contribution >= 0.6 is 0 Å². The Bertz CT molecular complexity index is 481. The highest BCUT2D eigenvalue weighted by Crippen LogP contribution is 2.33. The molecule has 1 aliphatic heterocycles. The van der Waals surface area contributed by atoms with Gasteiger partial charge in [0.15, 0.2) is 0 Å². The summed E-state index contributed by atoms with van der Waals surface area (Å²) in [6.07, 6.45) is -6.75. The first-order valence-electron chi connectivity index (χ1n) is 4.47. The van der Waals surface area contributed by atoms with Crippen LogP contribution in [-0.4, -0.2) is 18.1 Å². The second-order valence-electron chi connectivity index (χ2n) is 3.23. The van der Waals surface area contributed by atoms with Crippen molar-refractivity contribution in [3.05, 3.63) is 35.4 Å². The Hall–Kier alpha value is -2.05. The summed E-state index contributed by atoms with van der Waals surface area (Å²) in [5, 5.41) is 0. The van der Waals surface area contributed by atoms with Crippen LogP contribution in [0.2, 0.25) is 0 Å². The molecule has 90 valence electrons. The summed E-state index contributed by atoms with van der Waals surface area (Å²) in [5.41, 5.74) is 0.197. The average Bonchev–Trinajstić information content (AvgIpc) is 2.56. The summed E-state index contributed by atoms with van der Waals surface area (Å²) in [7, 11) is 0. The molecule has 0 spiro atoms. The molecular formula is C10H5F3O4. The molecule has 0 saturated heterocycles. The standard InChI is InChI=1S/C10H5F3O4/c11-10(12,13)9(15)17-8-6-4-2-1-3-5(6)7(14)16-8/h1-4,8H/t8-/m1/s1. The molecule has 0 aliphatic carbocycles. The van der Waals surface area contributed by atoms with Gasteiger partial charge in [0.2, 0.25) is 0 Å². The van der Waals surface area contributed by atoms with Crippen LogP contribution in [-0.2, 0) is 14.3 Å². The van der Waals surface area contributed by atoms with Crippen LogP contribution in [0, 0.1) is 0 Å². The predicted octanol–water partition coefficient (Wildman–Crippen LogP) is 1.96. The fraction of sp³-hybridized carbons (Fsp3) is 0.200. The van der Waals surface area contributed by atoms with Crippen LogP contribution in [0.4, 0.5) is 13.2 Å². The van der Waals surface area contributed by atoms with Gasteiger partial charge in [-0.05, 0) is 6.07 Å². The highest BCUT2D eigenvalue weighted by atomic mass is 19.4. The van der Waals surface area contributed by atoms with Crippen molar-refractivity contribution >= 4 is 11.9 Å². The van der Waals surface area contributed by atoms with Crippen molar-refractivity contribution < 1.29 is 32.2 Å². The summed E-state index contributed by atoms with van der Waals surface area (Å²) in [4.78, 5) is 21.8. The molecule has 0 saturated carbocycles. The van der Waals surface area contributed by atoms with E-state index in [4.69, 9.17) is 0 Å². The van der Waals surface area contributed by atoms with Crippen LogP contribution in [0.5, 0.6) is 0 Å². The van der Waals surface area contributed by atoms with E-state index in [-0.39, 0.29) is 11.1 Å². The van der Waals surface area contributed by atoms with Crippen LogP contribution in [0.1, 0.15) is 22.2 Å². The number of carbonyl (C=O) groups is 2. The Kier molecular flexibility index (Phi) is 2.53. The second-order valence-corrected chi connectivity index (χ2v) is 3.23. The maximum Gasteiger partial charge on any atom is 0.491 e. The summed E-state index contributed by atoms with van der Waals surface area (Å²) in [6.45, 7) is 0. The molecule has 4 nitrogen and oxygen atoms in total. The second kappa shape index (κ2) is 3.76. The Morgan fingerprint density at radius 3 is 2.59 bits per heavy atom. The number of cyclic esters (lactones) is 1. The molecule has 0 aromatic heterocycles. The van der Waals surface area contributed by atoms with E-state index in [0.717, 1.165) is 0 Å². The van der Waals surface area contributed by atoms with E-state index in [2.05, 4.69) is 9.47 Å². The minimum absolute atomic E-state index is 0.0903. The van der Waals surface area contributed by atoms with Crippen LogP contribution in [0.3, 0.4) is 0 Å². The third kappa shape index (κ3) is 2.08. The Labute approximate surface area is 92.9 Å². The lowest BCUT2D eigenvalue weighted by Crippen LogP contribution is -2.27. The van der Waals surface area contributed by atoms with Gasteiger partial charge in [0.05, 0.1) is 5.56 Å². The molecule has 1 aliphatic rings. The van der Waals surface area contributed by atoms with E-state index < -0.39 is 24.4 Å². The molecule has 7 heteroatoms. The number of halogens is 3. The first-order chi connectivity index (χ1) is 7.89. The Morgan fingerprint density at radius 1 is 1.29 bits per heavy atom. The van der Waals surface area contributed by atoms with Gasteiger partial charge < -0.3 is 9.47 Å². The first-order valence-corrected chi connectivity index (χ1v) is 4.47. The zero-order valence-electron chi connectivity index (χ0n) is 8.15. The van der Waals surface area contributed by atoms with Crippen molar-refractivity contribution in [2.75, 3.05) is 0 Å². The smallest absolute Gasteiger partial charge is 0.417 e. The molecule has 2 rings (SSSR count). The van der Waals surface area contributed by atoms with Gasteiger partial charge in [0.25, 0.3) is 6.29 Å². The topological polar surface area (TPSA) is 52.6 Å². The van der Waals surface area contributed by atoms with Gasteiger partial charge in [0.1, 0.15) is 0 Å². The maximum absolute atomic E-state index is 12.0. The quantitative estimate of drug-likeness (QED) is 0.711. The van der Waals surface area contributed by atoms with Gasteiger partial charge in [-0.15, -0.1) is 0 Å². The van der Waals surface area contributed by atoms with Gasteiger partial charge in [0, 0.05) is 5.56 Å². The zero-order valence-corrected chi connectivity index (χ0v) is 8.15. The van der Waals surface area contributed by atoms with Gasteiger partial charge >= 0.3 is 18.1 Å². The molecule has 1 heterocycles. The number of esters is 2. The fourth-order valence-electron chi connectivity index (χ4n) is 1.36. The normalized spacial score (nSPS) is 18.5. The highest BCUT2D eigenvalue weighted by molar-refractivity contribution is 5.94. The van der Waals surface area contributed by atoms with Crippen molar-refractivity contribution in [1.29, 1.82) is 0 Å². The van der Waals surface area contributed by atoms with E-state index in [1.165, 1.54) is 24.3 Å². The third-order valence-corrected chi connectivity index (χ3v) is 2.09. The lowest BCUT2D eigenvalue weighted by Gasteiger charge is -2.12. The first kappa shape index (κ1) is 11.4. The predicted molar refractivity (Wildman–Crippen MR) is 46.7 cm³/mol. The number of carbonyl (C=O) groups excluding carboxylic acids is 2. The molecule has 1 aromatic carbocycles. The van der Waals surface area contributed by atoms with Gasteiger partial charge in [-0.2, -0.15) is 13.2 Å². The summed E-state index contributed by atoms with van der Waals surface area (Å²) in [5.74, 6) is -3.22. The molecule has 17 heavy (non-hydrogen) atoms. The maximum atomic E-state index is 12.0. The zero-order chi connectivity index (χ0) is 12.6. The molecule has 0 N–H and O–H groups in total. The Balaban J connectivity index is 2.21. The fourth-order valence-corrected chi connectivity index (χ4v) is 1.36. The Morgan fingerprint density at radius 2 is 1.94 bits per heavy atom. The van der Waals surface area contributed by atoms with E-state index in [9.17, 15) is 22.8 Å². The van der Waals surface area contributed by atoms with Crippen molar-refractivity contribution in [2.45, 2.75) is 12.5 Å². The van der Waals surface area contributed by atoms with Gasteiger partial charge in [-0.3, -0.25) is 0 Å². The number of hydrogen-bond acceptors (Lipinski definition) is 4. The van der Waals surface area contributed by atoms with Crippen molar-refractivity contribution in [3.63, 3.8) is 0 Å².